The van der Waals surface area contributed by atoms with Gasteiger partial charge in [0.2, 0.25) is 0 Å². The molecule has 4 atom stereocenters. The van der Waals surface area contributed by atoms with E-state index in [-0.39, 0.29) is 48.7 Å². The molecule has 48 heavy (non-hydrogen) atoms. The van der Waals surface area contributed by atoms with Crippen molar-refractivity contribution in [2.75, 3.05) is 51.1 Å². The van der Waals surface area contributed by atoms with Gasteiger partial charge in [0.25, 0.3) is 11.8 Å². The van der Waals surface area contributed by atoms with Gasteiger partial charge in [0.15, 0.2) is 0 Å². The average Bonchev–Trinajstić information content (AvgIpc) is 3.09. The lowest BCUT2D eigenvalue weighted by molar-refractivity contribution is -0.0149. The zero-order chi connectivity index (χ0) is 34.6. The van der Waals surface area contributed by atoms with Gasteiger partial charge < -0.3 is 39.8 Å². The fourth-order valence-electron chi connectivity index (χ4n) is 5.58. The Kier molecular flexibility index (Phi) is 13.2. The SMILES string of the molecule is COc1ccc(NC(=O)Nc2ccc3c(c2)C(=O)N([C@@H](C)CO)C[C@@H](C)[C@@H](CN(C)C(=O)c2ccccc2)OCCCC[C@H](C)O3)cc1. The Balaban J connectivity index is 1.59. The summed E-state index contributed by atoms with van der Waals surface area (Å²) in [4.78, 5) is 43.7. The van der Waals surface area contributed by atoms with E-state index in [0.29, 0.717) is 41.6 Å². The maximum Gasteiger partial charge on any atom is 0.323 e. The van der Waals surface area contributed by atoms with Crippen molar-refractivity contribution in [3.63, 3.8) is 0 Å². The number of aliphatic hydroxyl groups is 1. The van der Waals surface area contributed by atoms with E-state index >= 15 is 0 Å². The molecule has 0 saturated carbocycles. The molecule has 0 saturated heterocycles. The van der Waals surface area contributed by atoms with Crippen LogP contribution in [0.3, 0.4) is 0 Å². The van der Waals surface area contributed by atoms with E-state index in [1.54, 1.807) is 85.5 Å². The number of amides is 4. The van der Waals surface area contributed by atoms with Crippen molar-refractivity contribution >= 4 is 29.2 Å². The smallest absolute Gasteiger partial charge is 0.323 e. The van der Waals surface area contributed by atoms with Gasteiger partial charge in [-0.15, -0.1) is 0 Å². The molecule has 0 spiro atoms. The van der Waals surface area contributed by atoms with Crippen LogP contribution in [-0.4, -0.2) is 91.5 Å². The number of rotatable bonds is 8. The second-order valence-electron chi connectivity index (χ2n) is 12.4. The lowest BCUT2D eigenvalue weighted by Gasteiger charge is -2.36. The molecule has 0 bridgehead atoms. The van der Waals surface area contributed by atoms with Gasteiger partial charge in [-0.2, -0.15) is 0 Å². The minimum Gasteiger partial charge on any atom is -0.497 e. The Morgan fingerprint density at radius 1 is 1.02 bits per heavy atom. The van der Waals surface area contributed by atoms with Crippen molar-refractivity contribution in [2.45, 2.75) is 58.3 Å². The summed E-state index contributed by atoms with van der Waals surface area (Å²) in [5.74, 6) is 0.403. The number of carbonyl (C=O) groups excluding carboxylic acids is 3. The van der Waals surface area contributed by atoms with Crippen LogP contribution in [-0.2, 0) is 4.74 Å². The number of fused-ring (bicyclic) bond motifs is 1. The van der Waals surface area contributed by atoms with Crippen LogP contribution in [0.25, 0.3) is 0 Å². The highest BCUT2D eigenvalue weighted by molar-refractivity contribution is 6.02. The molecule has 0 fully saturated rings. The molecule has 3 N–H and O–H groups in total. The number of benzene rings is 3. The number of carbonyl (C=O) groups is 3. The molecule has 0 aromatic heterocycles. The predicted molar refractivity (Wildman–Crippen MR) is 186 cm³/mol. The summed E-state index contributed by atoms with van der Waals surface area (Å²) in [5, 5.41) is 15.8. The fourth-order valence-corrected chi connectivity index (χ4v) is 5.58. The summed E-state index contributed by atoms with van der Waals surface area (Å²) < 4.78 is 17.8. The summed E-state index contributed by atoms with van der Waals surface area (Å²) in [7, 11) is 3.32. The first-order valence-corrected chi connectivity index (χ1v) is 16.5. The number of nitrogens with one attached hydrogen (secondary N) is 2. The van der Waals surface area contributed by atoms with Crippen LogP contribution in [0.5, 0.6) is 11.5 Å². The van der Waals surface area contributed by atoms with Gasteiger partial charge in [-0.1, -0.05) is 25.1 Å². The largest absolute Gasteiger partial charge is 0.497 e. The molecule has 258 valence electrons. The number of aliphatic hydroxyl groups excluding tert-OH is 1. The molecule has 0 unspecified atom stereocenters. The number of likely N-dealkylation sites (N-methyl/N-ethyl adjacent to an activating group) is 1. The predicted octanol–water partition coefficient (Wildman–Crippen LogP) is 5.91. The van der Waals surface area contributed by atoms with E-state index < -0.39 is 12.1 Å². The highest BCUT2D eigenvalue weighted by Crippen LogP contribution is 2.29. The number of ether oxygens (including phenoxy) is 3. The molecular weight excluding hydrogens is 612 g/mol. The van der Waals surface area contributed by atoms with Crippen molar-refractivity contribution in [3.8, 4) is 11.5 Å². The van der Waals surface area contributed by atoms with Gasteiger partial charge in [-0.3, -0.25) is 9.59 Å². The molecule has 4 amide bonds. The first-order valence-electron chi connectivity index (χ1n) is 16.5. The van der Waals surface area contributed by atoms with E-state index in [1.165, 1.54) is 0 Å². The minimum absolute atomic E-state index is 0.113. The van der Waals surface area contributed by atoms with Crippen LogP contribution in [0, 0.1) is 5.92 Å². The fraction of sp³-hybridized carbons (Fsp3) is 0.432. The average molecular weight is 661 g/mol. The number of methoxy groups -OCH3 is 1. The highest BCUT2D eigenvalue weighted by Gasteiger charge is 2.31. The Morgan fingerprint density at radius 3 is 2.40 bits per heavy atom. The molecule has 4 rings (SSSR count). The van der Waals surface area contributed by atoms with Gasteiger partial charge >= 0.3 is 6.03 Å². The first-order chi connectivity index (χ1) is 23.1. The monoisotopic (exact) mass is 660 g/mol. The minimum atomic E-state index is -0.530. The van der Waals surface area contributed by atoms with Gasteiger partial charge in [0, 0.05) is 49.6 Å². The van der Waals surface area contributed by atoms with E-state index in [0.717, 1.165) is 19.3 Å². The molecule has 11 heteroatoms. The van der Waals surface area contributed by atoms with Crippen LogP contribution >= 0.6 is 0 Å². The Labute approximate surface area is 283 Å². The Hall–Kier alpha value is -4.61. The number of anilines is 2. The molecule has 11 nitrogen and oxygen atoms in total. The molecule has 0 radical (unpaired) electrons. The van der Waals surface area contributed by atoms with Gasteiger partial charge in [0.05, 0.1) is 37.5 Å². The maximum atomic E-state index is 14.4. The molecular formula is C37H48N4O7. The van der Waals surface area contributed by atoms with Crippen LogP contribution < -0.4 is 20.1 Å². The quantitative estimate of drug-likeness (QED) is 0.274. The zero-order valence-electron chi connectivity index (χ0n) is 28.5. The topological polar surface area (TPSA) is 130 Å². The van der Waals surface area contributed by atoms with Crippen molar-refractivity contribution in [1.29, 1.82) is 0 Å². The summed E-state index contributed by atoms with van der Waals surface area (Å²) in [6, 6.07) is 20.0. The van der Waals surface area contributed by atoms with Crippen molar-refractivity contribution in [1.82, 2.24) is 9.80 Å². The van der Waals surface area contributed by atoms with Crippen LogP contribution in [0.1, 0.15) is 60.7 Å². The van der Waals surface area contributed by atoms with E-state index in [4.69, 9.17) is 14.2 Å². The molecule has 3 aromatic carbocycles. The van der Waals surface area contributed by atoms with E-state index in [2.05, 4.69) is 10.6 Å². The summed E-state index contributed by atoms with van der Waals surface area (Å²) in [5.41, 5.74) is 1.83. The third-order valence-corrected chi connectivity index (χ3v) is 8.48. The van der Waals surface area contributed by atoms with Crippen molar-refractivity contribution in [2.24, 2.45) is 5.92 Å². The number of nitrogens with zero attached hydrogens (tertiary/aromatic N) is 2. The maximum absolute atomic E-state index is 14.4. The Bertz CT molecular complexity index is 1500. The van der Waals surface area contributed by atoms with Crippen LogP contribution in [0.15, 0.2) is 72.8 Å². The molecule has 0 aliphatic carbocycles. The summed E-state index contributed by atoms with van der Waals surface area (Å²) >= 11 is 0. The zero-order valence-corrected chi connectivity index (χ0v) is 28.5. The molecule has 1 aliphatic rings. The lowest BCUT2D eigenvalue weighted by Crippen LogP contribution is -2.48. The first kappa shape index (κ1) is 36.2. The number of hydrogen-bond acceptors (Lipinski definition) is 7. The van der Waals surface area contributed by atoms with Crippen LogP contribution in [0.2, 0.25) is 0 Å². The highest BCUT2D eigenvalue weighted by atomic mass is 16.5. The van der Waals surface area contributed by atoms with Gasteiger partial charge in [-0.25, -0.2) is 4.79 Å². The van der Waals surface area contributed by atoms with Crippen molar-refractivity contribution in [3.05, 3.63) is 83.9 Å². The molecule has 1 heterocycles. The van der Waals surface area contributed by atoms with Crippen LogP contribution in [0.4, 0.5) is 16.2 Å². The van der Waals surface area contributed by atoms with E-state index in [1.807, 2.05) is 32.0 Å². The number of hydrogen-bond donors (Lipinski definition) is 3. The van der Waals surface area contributed by atoms with E-state index in [9.17, 15) is 19.5 Å². The summed E-state index contributed by atoms with van der Waals surface area (Å²) in [6.07, 6.45) is 1.84. The lowest BCUT2D eigenvalue weighted by atomic mass is 10.0. The molecule has 1 aliphatic heterocycles. The van der Waals surface area contributed by atoms with Crippen molar-refractivity contribution < 1.29 is 33.7 Å². The number of urea groups is 1. The third-order valence-electron chi connectivity index (χ3n) is 8.48. The second kappa shape index (κ2) is 17.5. The standard InChI is InChI=1S/C37H48N4O7/c1-25-22-41(26(2)24-42)36(44)32-21-30(39-37(45)38-29-14-17-31(46-5)18-15-29)16-19-33(32)48-27(3)11-9-10-20-47-34(25)23-40(4)35(43)28-12-7-6-8-13-28/h6-8,12-19,21,25-27,34,42H,9-11,20,22-24H2,1-5H3,(H2,38,39,45)/t25-,26+,27+,34-/m1/s1. The van der Waals surface area contributed by atoms with Gasteiger partial charge in [-0.05, 0) is 87.7 Å². The third kappa shape index (κ3) is 9.95. The van der Waals surface area contributed by atoms with Gasteiger partial charge in [0.1, 0.15) is 11.5 Å². The summed E-state index contributed by atoms with van der Waals surface area (Å²) in [6.45, 7) is 6.55. The second-order valence-corrected chi connectivity index (χ2v) is 12.4. The Morgan fingerprint density at radius 2 is 1.71 bits per heavy atom. The molecule has 3 aromatic rings. The normalized spacial score (nSPS) is 19.6.